The molecular formula is C11H9BrFNO. The SMILES string of the molecule is OC(c1cc[nH]c1)c1cccc(Br)c1F. The van der Waals surface area contributed by atoms with Crippen molar-refractivity contribution in [3.63, 3.8) is 0 Å². The highest BCUT2D eigenvalue weighted by Gasteiger charge is 2.16. The van der Waals surface area contributed by atoms with E-state index in [2.05, 4.69) is 20.9 Å². The zero-order chi connectivity index (χ0) is 10.8. The highest BCUT2D eigenvalue weighted by atomic mass is 79.9. The number of aromatic amines is 1. The van der Waals surface area contributed by atoms with Crippen LogP contribution in [0.5, 0.6) is 0 Å². The largest absolute Gasteiger partial charge is 0.383 e. The lowest BCUT2D eigenvalue weighted by atomic mass is 10.0. The van der Waals surface area contributed by atoms with E-state index in [1.54, 1.807) is 36.7 Å². The molecule has 2 nitrogen and oxygen atoms in total. The standard InChI is InChI=1S/C11H9BrFNO/c12-9-3-1-2-8(10(9)13)11(15)7-4-5-14-6-7/h1-6,11,14-15H. The average Bonchev–Trinajstić information content (AvgIpc) is 2.74. The molecule has 0 aliphatic carbocycles. The summed E-state index contributed by atoms with van der Waals surface area (Å²) < 4.78 is 14.0. The molecule has 2 aromatic rings. The summed E-state index contributed by atoms with van der Waals surface area (Å²) in [7, 11) is 0. The summed E-state index contributed by atoms with van der Waals surface area (Å²) in [5, 5.41) is 9.91. The molecule has 0 radical (unpaired) electrons. The van der Waals surface area contributed by atoms with E-state index in [9.17, 15) is 9.50 Å². The summed E-state index contributed by atoms with van der Waals surface area (Å²) in [6.07, 6.45) is 2.40. The Morgan fingerprint density at radius 2 is 2.13 bits per heavy atom. The van der Waals surface area contributed by atoms with Crippen molar-refractivity contribution in [2.45, 2.75) is 6.10 Å². The monoisotopic (exact) mass is 269 g/mol. The molecule has 2 N–H and O–H groups in total. The van der Waals surface area contributed by atoms with Crippen molar-refractivity contribution in [3.8, 4) is 0 Å². The molecule has 1 unspecified atom stereocenters. The maximum atomic E-state index is 13.6. The molecule has 0 fully saturated rings. The van der Waals surface area contributed by atoms with Crippen LogP contribution in [0.4, 0.5) is 4.39 Å². The Bertz CT molecular complexity index is 456. The molecule has 0 aliphatic rings. The first kappa shape index (κ1) is 10.4. The molecular weight excluding hydrogens is 261 g/mol. The number of H-pyrrole nitrogens is 1. The minimum absolute atomic E-state index is 0.268. The lowest BCUT2D eigenvalue weighted by Crippen LogP contribution is -2.01. The summed E-state index contributed by atoms with van der Waals surface area (Å²) in [4.78, 5) is 2.82. The average molecular weight is 270 g/mol. The van der Waals surface area contributed by atoms with Crippen molar-refractivity contribution >= 4 is 15.9 Å². The molecule has 1 atom stereocenters. The lowest BCUT2D eigenvalue weighted by Gasteiger charge is -2.10. The number of nitrogens with one attached hydrogen (secondary N) is 1. The van der Waals surface area contributed by atoms with Gasteiger partial charge in [0, 0.05) is 23.5 Å². The highest BCUT2D eigenvalue weighted by molar-refractivity contribution is 9.10. The van der Waals surface area contributed by atoms with Gasteiger partial charge >= 0.3 is 0 Å². The van der Waals surface area contributed by atoms with Crippen molar-refractivity contribution in [1.82, 2.24) is 4.98 Å². The molecule has 1 heterocycles. The molecule has 1 aromatic heterocycles. The molecule has 78 valence electrons. The number of aliphatic hydroxyl groups is 1. The number of hydrogen-bond donors (Lipinski definition) is 2. The second-order valence-corrected chi connectivity index (χ2v) is 4.04. The van der Waals surface area contributed by atoms with Gasteiger partial charge in [-0.1, -0.05) is 12.1 Å². The topological polar surface area (TPSA) is 36.0 Å². The van der Waals surface area contributed by atoms with E-state index in [4.69, 9.17) is 0 Å². The molecule has 0 aliphatic heterocycles. The molecule has 0 saturated carbocycles. The summed E-state index contributed by atoms with van der Waals surface area (Å²) in [5.41, 5.74) is 0.913. The van der Waals surface area contributed by atoms with Crippen LogP contribution in [-0.2, 0) is 0 Å². The molecule has 0 bridgehead atoms. The van der Waals surface area contributed by atoms with Crippen LogP contribution in [0, 0.1) is 5.82 Å². The fourth-order valence-corrected chi connectivity index (χ4v) is 1.80. The van der Waals surface area contributed by atoms with Crippen LogP contribution in [0.3, 0.4) is 0 Å². The summed E-state index contributed by atoms with van der Waals surface area (Å²) in [5.74, 6) is -0.425. The third-order valence-corrected chi connectivity index (χ3v) is 2.83. The number of aromatic nitrogens is 1. The number of halogens is 2. The van der Waals surface area contributed by atoms with E-state index >= 15 is 0 Å². The Kier molecular flexibility index (Phi) is 2.88. The predicted molar refractivity (Wildman–Crippen MR) is 59.0 cm³/mol. The molecule has 0 amide bonds. The quantitative estimate of drug-likeness (QED) is 0.864. The number of rotatable bonds is 2. The summed E-state index contributed by atoms with van der Waals surface area (Å²) >= 11 is 3.08. The van der Waals surface area contributed by atoms with E-state index in [1.165, 1.54) is 0 Å². The molecule has 0 saturated heterocycles. The van der Waals surface area contributed by atoms with Crippen molar-refractivity contribution in [1.29, 1.82) is 0 Å². The molecule has 0 spiro atoms. The second-order valence-electron chi connectivity index (χ2n) is 3.19. The van der Waals surface area contributed by atoms with Crippen molar-refractivity contribution < 1.29 is 9.50 Å². The van der Waals surface area contributed by atoms with E-state index in [0.29, 0.717) is 10.0 Å². The van der Waals surface area contributed by atoms with E-state index in [-0.39, 0.29) is 5.56 Å². The normalized spacial score (nSPS) is 12.7. The fourth-order valence-electron chi connectivity index (χ4n) is 1.42. The van der Waals surface area contributed by atoms with Gasteiger partial charge in [-0.05, 0) is 28.1 Å². The van der Waals surface area contributed by atoms with Gasteiger partial charge in [-0.15, -0.1) is 0 Å². The van der Waals surface area contributed by atoms with Gasteiger partial charge in [-0.2, -0.15) is 0 Å². The van der Waals surface area contributed by atoms with Crippen molar-refractivity contribution in [3.05, 3.63) is 58.1 Å². The maximum absolute atomic E-state index is 13.6. The first-order chi connectivity index (χ1) is 7.20. The Balaban J connectivity index is 2.42. The van der Waals surface area contributed by atoms with Gasteiger partial charge in [0.05, 0.1) is 4.47 Å². The van der Waals surface area contributed by atoms with Crippen molar-refractivity contribution in [2.75, 3.05) is 0 Å². The van der Waals surface area contributed by atoms with E-state index in [1.807, 2.05) is 0 Å². The molecule has 1 aromatic carbocycles. The van der Waals surface area contributed by atoms with Crippen LogP contribution in [-0.4, -0.2) is 10.1 Å². The maximum Gasteiger partial charge on any atom is 0.143 e. The Labute approximate surface area is 94.9 Å². The van der Waals surface area contributed by atoms with Gasteiger partial charge in [0.25, 0.3) is 0 Å². The lowest BCUT2D eigenvalue weighted by molar-refractivity contribution is 0.215. The molecule has 15 heavy (non-hydrogen) atoms. The van der Waals surface area contributed by atoms with Crippen LogP contribution in [0.15, 0.2) is 41.1 Å². The third-order valence-electron chi connectivity index (χ3n) is 2.21. The van der Waals surface area contributed by atoms with Crippen LogP contribution >= 0.6 is 15.9 Å². The van der Waals surface area contributed by atoms with Gasteiger partial charge < -0.3 is 10.1 Å². The number of hydrogen-bond acceptors (Lipinski definition) is 1. The second kappa shape index (κ2) is 4.16. The Hall–Kier alpha value is -1.13. The molecule has 4 heteroatoms. The number of aliphatic hydroxyl groups excluding tert-OH is 1. The zero-order valence-corrected chi connectivity index (χ0v) is 9.33. The summed E-state index contributed by atoms with van der Waals surface area (Å²) in [6.45, 7) is 0. The van der Waals surface area contributed by atoms with Gasteiger partial charge in [0.15, 0.2) is 0 Å². The minimum Gasteiger partial charge on any atom is -0.383 e. The van der Waals surface area contributed by atoms with Gasteiger partial charge in [0.1, 0.15) is 11.9 Å². The molecule has 2 rings (SSSR count). The van der Waals surface area contributed by atoms with Gasteiger partial charge in [-0.25, -0.2) is 4.39 Å². The predicted octanol–water partition coefficient (Wildman–Crippen LogP) is 3.00. The van der Waals surface area contributed by atoms with E-state index < -0.39 is 11.9 Å². The van der Waals surface area contributed by atoms with Crippen LogP contribution in [0.1, 0.15) is 17.2 Å². The van der Waals surface area contributed by atoms with E-state index in [0.717, 1.165) is 0 Å². The smallest absolute Gasteiger partial charge is 0.143 e. The highest BCUT2D eigenvalue weighted by Crippen LogP contribution is 2.27. The van der Waals surface area contributed by atoms with Crippen LogP contribution in [0.25, 0.3) is 0 Å². The third kappa shape index (κ3) is 1.96. The van der Waals surface area contributed by atoms with Gasteiger partial charge in [0.2, 0.25) is 0 Å². The number of benzene rings is 1. The Morgan fingerprint density at radius 1 is 1.33 bits per heavy atom. The van der Waals surface area contributed by atoms with Crippen LogP contribution in [0.2, 0.25) is 0 Å². The first-order valence-corrected chi connectivity index (χ1v) is 5.24. The zero-order valence-electron chi connectivity index (χ0n) is 7.74. The summed E-state index contributed by atoms with van der Waals surface area (Å²) in [6, 6.07) is 6.57. The van der Waals surface area contributed by atoms with Gasteiger partial charge in [-0.3, -0.25) is 0 Å². The fraction of sp³-hybridized carbons (Fsp3) is 0.0909. The first-order valence-electron chi connectivity index (χ1n) is 4.45. The minimum atomic E-state index is -0.936. The van der Waals surface area contributed by atoms with Crippen molar-refractivity contribution in [2.24, 2.45) is 0 Å². The Morgan fingerprint density at radius 3 is 2.80 bits per heavy atom. The van der Waals surface area contributed by atoms with Crippen LogP contribution < -0.4 is 0 Å².